The van der Waals surface area contributed by atoms with Gasteiger partial charge in [0, 0.05) is 6.42 Å². The molecule has 4 atom stereocenters. The molecule has 3 amide bonds. The lowest BCUT2D eigenvalue weighted by atomic mass is 9.99. The van der Waals surface area contributed by atoms with E-state index in [0.29, 0.717) is 5.56 Å². The van der Waals surface area contributed by atoms with Crippen LogP contribution in [0.5, 0.6) is 0 Å². The summed E-state index contributed by atoms with van der Waals surface area (Å²) in [5.74, 6) is -4.98. The van der Waals surface area contributed by atoms with Gasteiger partial charge in [0.1, 0.15) is 18.1 Å². The highest BCUT2D eigenvalue weighted by Crippen LogP contribution is 2.10. The quantitative estimate of drug-likeness (QED) is 0.213. The van der Waals surface area contributed by atoms with Crippen molar-refractivity contribution in [2.24, 2.45) is 17.6 Å². The van der Waals surface area contributed by atoms with Gasteiger partial charge in [0.25, 0.3) is 0 Å². The van der Waals surface area contributed by atoms with E-state index in [1.807, 2.05) is 13.8 Å². The van der Waals surface area contributed by atoms with Crippen molar-refractivity contribution in [3.05, 3.63) is 35.9 Å². The average Bonchev–Trinajstić information content (AvgIpc) is 2.75. The molecule has 1 aromatic rings. The van der Waals surface area contributed by atoms with Crippen LogP contribution in [0.3, 0.4) is 0 Å². The van der Waals surface area contributed by atoms with Gasteiger partial charge < -0.3 is 31.9 Å². The third-order valence-corrected chi connectivity index (χ3v) is 5.22. The number of hydrogen-bond donors (Lipinski definition) is 6. The second-order valence-electron chi connectivity index (χ2n) is 9.21. The summed E-state index contributed by atoms with van der Waals surface area (Å²) in [4.78, 5) is 60.9. The fraction of sp³-hybridized carbons (Fsp3) is 0.542. The van der Waals surface area contributed by atoms with Crippen molar-refractivity contribution < 1.29 is 34.2 Å². The number of rotatable bonds is 14. The largest absolute Gasteiger partial charge is 0.481 e. The first-order valence-corrected chi connectivity index (χ1v) is 11.5. The molecule has 11 nitrogen and oxygen atoms in total. The third kappa shape index (κ3) is 10.6. The molecule has 0 aliphatic rings. The van der Waals surface area contributed by atoms with Crippen LogP contribution >= 0.6 is 0 Å². The number of carbonyl (C=O) groups is 5. The van der Waals surface area contributed by atoms with Crippen LogP contribution in [0.1, 0.15) is 46.1 Å². The number of carbonyl (C=O) groups excluding carboxylic acids is 3. The standard InChI is InChI=1S/C24H36N4O7/c1-13(2)10-18(24(34)35)27-23(33)20(14(3)4)28-22(32)17(11-15-8-6-5-7-9-15)26-21(31)16(25)12-19(29)30/h5-9,13-14,16-18,20H,10-12,25H2,1-4H3,(H,26,31)(H,27,33)(H,28,32)(H,29,30)(H,34,35). The Bertz CT molecular complexity index is 889. The summed E-state index contributed by atoms with van der Waals surface area (Å²) in [6.45, 7) is 7.04. The molecule has 0 aliphatic heterocycles. The lowest BCUT2D eigenvalue weighted by Crippen LogP contribution is -2.59. The molecule has 0 saturated heterocycles. The molecule has 0 bridgehead atoms. The zero-order chi connectivity index (χ0) is 26.7. The smallest absolute Gasteiger partial charge is 0.326 e. The van der Waals surface area contributed by atoms with Gasteiger partial charge in [0.15, 0.2) is 0 Å². The topological polar surface area (TPSA) is 188 Å². The molecule has 1 aromatic carbocycles. The summed E-state index contributed by atoms with van der Waals surface area (Å²) >= 11 is 0. The summed E-state index contributed by atoms with van der Waals surface area (Å²) in [7, 11) is 0. The molecule has 0 aromatic heterocycles. The highest BCUT2D eigenvalue weighted by atomic mass is 16.4. The number of aliphatic carboxylic acids is 2. The van der Waals surface area contributed by atoms with Crippen LogP contribution in [0, 0.1) is 11.8 Å². The van der Waals surface area contributed by atoms with Crippen molar-refractivity contribution in [3.8, 4) is 0 Å². The maximum atomic E-state index is 13.2. The van der Waals surface area contributed by atoms with Gasteiger partial charge in [0.2, 0.25) is 17.7 Å². The number of carboxylic acid groups (broad SMARTS) is 2. The van der Waals surface area contributed by atoms with Gasteiger partial charge in [-0.1, -0.05) is 58.0 Å². The first-order chi connectivity index (χ1) is 16.3. The van der Waals surface area contributed by atoms with Crippen molar-refractivity contribution in [2.45, 2.75) is 71.1 Å². The molecule has 0 fully saturated rings. The van der Waals surface area contributed by atoms with E-state index in [2.05, 4.69) is 16.0 Å². The number of benzene rings is 1. The molecule has 0 heterocycles. The average molecular weight is 493 g/mol. The maximum absolute atomic E-state index is 13.2. The van der Waals surface area contributed by atoms with Crippen molar-refractivity contribution in [2.75, 3.05) is 0 Å². The number of hydrogen-bond acceptors (Lipinski definition) is 6. The van der Waals surface area contributed by atoms with Crippen LogP contribution in [0.15, 0.2) is 30.3 Å². The van der Waals surface area contributed by atoms with Gasteiger partial charge in [-0.2, -0.15) is 0 Å². The predicted octanol–water partition coefficient (Wildman–Crippen LogP) is 0.272. The van der Waals surface area contributed by atoms with Gasteiger partial charge in [-0.3, -0.25) is 19.2 Å². The van der Waals surface area contributed by atoms with Crippen LogP contribution in [-0.2, 0) is 30.4 Å². The zero-order valence-corrected chi connectivity index (χ0v) is 20.5. The SMILES string of the molecule is CC(C)CC(NC(=O)C(NC(=O)C(Cc1ccccc1)NC(=O)C(N)CC(=O)O)C(C)C)C(=O)O. The Kier molecular flexibility index (Phi) is 11.9. The summed E-state index contributed by atoms with van der Waals surface area (Å²) < 4.78 is 0. The van der Waals surface area contributed by atoms with Crippen molar-refractivity contribution in [1.82, 2.24) is 16.0 Å². The molecule has 194 valence electrons. The van der Waals surface area contributed by atoms with Gasteiger partial charge in [-0.25, -0.2) is 4.79 Å². The van der Waals surface area contributed by atoms with Gasteiger partial charge in [0.05, 0.1) is 12.5 Å². The minimum atomic E-state index is -1.37. The van der Waals surface area contributed by atoms with Gasteiger partial charge in [-0.05, 0) is 23.8 Å². The minimum Gasteiger partial charge on any atom is -0.481 e. The highest BCUT2D eigenvalue weighted by Gasteiger charge is 2.32. The first-order valence-electron chi connectivity index (χ1n) is 11.5. The maximum Gasteiger partial charge on any atom is 0.326 e. The van der Waals surface area contributed by atoms with E-state index in [1.165, 1.54) is 0 Å². The second-order valence-corrected chi connectivity index (χ2v) is 9.21. The van der Waals surface area contributed by atoms with E-state index in [-0.39, 0.29) is 18.8 Å². The number of amides is 3. The summed E-state index contributed by atoms with van der Waals surface area (Å²) in [5, 5.41) is 25.9. The molecule has 0 spiro atoms. The summed E-state index contributed by atoms with van der Waals surface area (Å²) in [6, 6.07) is 4.10. The number of carboxylic acids is 2. The number of nitrogens with two attached hydrogens (primary N) is 1. The first kappa shape index (κ1) is 29.6. The lowest BCUT2D eigenvalue weighted by Gasteiger charge is -2.27. The molecule has 1 rings (SSSR count). The Hall–Kier alpha value is -3.47. The Balaban J connectivity index is 3.07. The van der Waals surface area contributed by atoms with E-state index >= 15 is 0 Å². The molecule has 4 unspecified atom stereocenters. The molecule has 11 heteroatoms. The normalized spacial score (nSPS) is 14.5. The van der Waals surface area contributed by atoms with Crippen LogP contribution < -0.4 is 21.7 Å². The van der Waals surface area contributed by atoms with Crippen LogP contribution in [0.4, 0.5) is 0 Å². The minimum absolute atomic E-state index is 0.0176. The molecule has 0 aliphatic carbocycles. The van der Waals surface area contributed by atoms with Gasteiger partial charge >= 0.3 is 11.9 Å². The monoisotopic (exact) mass is 492 g/mol. The Morgan fingerprint density at radius 2 is 1.40 bits per heavy atom. The predicted molar refractivity (Wildman–Crippen MR) is 128 cm³/mol. The van der Waals surface area contributed by atoms with Crippen LogP contribution in [0.25, 0.3) is 0 Å². The molecule has 7 N–H and O–H groups in total. The van der Waals surface area contributed by atoms with E-state index in [1.54, 1.807) is 44.2 Å². The fourth-order valence-corrected chi connectivity index (χ4v) is 3.36. The van der Waals surface area contributed by atoms with Crippen molar-refractivity contribution in [3.63, 3.8) is 0 Å². The van der Waals surface area contributed by atoms with E-state index in [4.69, 9.17) is 10.8 Å². The zero-order valence-electron chi connectivity index (χ0n) is 20.5. The summed E-state index contributed by atoms with van der Waals surface area (Å²) in [5.41, 5.74) is 6.35. The van der Waals surface area contributed by atoms with Crippen LogP contribution in [0.2, 0.25) is 0 Å². The van der Waals surface area contributed by atoms with E-state index < -0.39 is 66.2 Å². The van der Waals surface area contributed by atoms with E-state index in [0.717, 1.165) is 0 Å². The number of nitrogens with one attached hydrogen (secondary N) is 3. The van der Waals surface area contributed by atoms with Gasteiger partial charge in [-0.15, -0.1) is 0 Å². The lowest BCUT2D eigenvalue weighted by molar-refractivity contribution is -0.143. The van der Waals surface area contributed by atoms with Crippen LogP contribution in [-0.4, -0.2) is 64.0 Å². The summed E-state index contributed by atoms with van der Waals surface area (Å²) in [6.07, 6.45) is -0.335. The fourth-order valence-electron chi connectivity index (χ4n) is 3.36. The molecule has 35 heavy (non-hydrogen) atoms. The molecule has 0 saturated carbocycles. The Morgan fingerprint density at radius 1 is 0.829 bits per heavy atom. The second kappa shape index (κ2) is 14.1. The molecule has 0 radical (unpaired) electrons. The van der Waals surface area contributed by atoms with Crippen molar-refractivity contribution >= 4 is 29.7 Å². The van der Waals surface area contributed by atoms with E-state index in [9.17, 15) is 29.1 Å². The Labute approximate surface area is 204 Å². The molecular weight excluding hydrogens is 456 g/mol. The third-order valence-electron chi connectivity index (χ3n) is 5.22. The Morgan fingerprint density at radius 3 is 1.89 bits per heavy atom. The highest BCUT2D eigenvalue weighted by molar-refractivity contribution is 5.95. The molecular formula is C24H36N4O7. The van der Waals surface area contributed by atoms with Crippen molar-refractivity contribution in [1.29, 1.82) is 0 Å².